The molecule has 1 heterocycles. The van der Waals surface area contributed by atoms with Crippen LogP contribution in [0.1, 0.15) is 30.1 Å². The molecule has 0 bridgehead atoms. The lowest BCUT2D eigenvalue weighted by Crippen LogP contribution is -2.03. The Labute approximate surface area is 115 Å². The molecule has 0 amide bonds. The van der Waals surface area contributed by atoms with Gasteiger partial charge in [0, 0.05) is 10.0 Å². The third-order valence-electron chi connectivity index (χ3n) is 2.60. The average Bonchev–Trinajstić information content (AvgIpc) is 2.77. The molecular weight excluding hydrogens is 296 g/mol. The summed E-state index contributed by atoms with van der Waals surface area (Å²) in [5.41, 5.74) is 0.695. The van der Waals surface area contributed by atoms with Gasteiger partial charge >= 0.3 is 0 Å². The Morgan fingerprint density at radius 2 is 2.11 bits per heavy atom. The van der Waals surface area contributed by atoms with Crippen molar-refractivity contribution >= 4 is 15.9 Å². The average molecular weight is 311 g/mol. The van der Waals surface area contributed by atoms with E-state index in [-0.39, 0.29) is 0 Å². The molecule has 0 fully saturated rings. The van der Waals surface area contributed by atoms with Crippen LogP contribution in [0.5, 0.6) is 5.75 Å². The zero-order valence-corrected chi connectivity index (χ0v) is 11.9. The highest BCUT2D eigenvalue weighted by atomic mass is 79.9. The first-order valence-corrected chi connectivity index (χ1v) is 6.57. The van der Waals surface area contributed by atoms with Crippen LogP contribution < -0.4 is 4.74 Å². The lowest BCUT2D eigenvalue weighted by molar-refractivity contribution is 0.181. The summed E-state index contributed by atoms with van der Waals surface area (Å²) in [4.78, 5) is 0. The van der Waals surface area contributed by atoms with Gasteiger partial charge in [-0.2, -0.15) is 0 Å². The summed E-state index contributed by atoms with van der Waals surface area (Å²) < 4.78 is 11.9. The molecule has 0 aliphatic rings. The van der Waals surface area contributed by atoms with Crippen molar-refractivity contribution in [1.82, 2.24) is 0 Å². The molecule has 1 aromatic carbocycles. The standard InChI is InChI=1S/C14H15BrO3/c1-3-17-12-7-5-10(15)8-11(12)14(16)13-6-4-9(2)18-13/h4-8,14,16H,3H2,1-2H3. The molecule has 2 aromatic rings. The van der Waals surface area contributed by atoms with Crippen LogP contribution in [0, 0.1) is 6.92 Å². The van der Waals surface area contributed by atoms with Gasteiger partial charge in [0.15, 0.2) is 0 Å². The molecule has 1 unspecified atom stereocenters. The van der Waals surface area contributed by atoms with Gasteiger partial charge in [-0.25, -0.2) is 0 Å². The zero-order valence-electron chi connectivity index (χ0n) is 10.3. The number of furan rings is 1. The van der Waals surface area contributed by atoms with E-state index < -0.39 is 6.10 Å². The van der Waals surface area contributed by atoms with Gasteiger partial charge in [0.2, 0.25) is 0 Å². The highest BCUT2D eigenvalue weighted by Gasteiger charge is 2.19. The van der Waals surface area contributed by atoms with E-state index in [1.807, 2.05) is 38.1 Å². The van der Waals surface area contributed by atoms with E-state index in [2.05, 4.69) is 15.9 Å². The SMILES string of the molecule is CCOc1ccc(Br)cc1C(O)c1ccc(C)o1. The van der Waals surface area contributed by atoms with Crippen molar-refractivity contribution in [2.24, 2.45) is 0 Å². The Balaban J connectivity index is 2.39. The van der Waals surface area contributed by atoms with Gasteiger partial charge in [0.1, 0.15) is 23.4 Å². The fourth-order valence-electron chi connectivity index (χ4n) is 1.77. The van der Waals surface area contributed by atoms with Gasteiger partial charge in [0.25, 0.3) is 0 Å². The molecule has 2 rings (SSSR count). The summed E-state index contributed by atoms with van der Waals surface area (Å²) in [6.07, 6.45) is -0.822. The van der Waals surface area contributed by atoms with Crippen molar-refractivity contribution in [1.29, 1.82) is 0 Å². The number of halogens is 1. The van der Waals surface area contributed by atoms with Gasteiger partial charge in [-0.15, -0.1) is 0 Å². The van der Waals surface area contributed by atoms with Crippen LogP contribution in [0.15, 0.2) is 39.2 Å². The molecular formula is C14H15BrO3. The van der Waals surface area contributed by atoms with Gasteiger partial charge in [-0.1, -0.05) is 15.9 Å². The Bertz CT molecular complexity index is 534. The second kappa shape index (κ2) is 5.59. The molecule has 3 nitrogen and oxygen atoms in total. The summed E-state index contributed by atoms with van der Waals surface area (Å²) in [6.45, 7) is 4.31. The molecule has 1 atom stereocenters. The minimum absolute atomic E-state index is 0.520. The monoisotopic (exact) mass is 310 g/mol. The van der Waals surface area contributed by atoms with Crippen molar-refractivity contribution in [3.63, 3.8) is 0 Å². The second-order valence-corrected chi connectivity index (χ2v) is 4.88. The fraction of sp³-hybridized carbons (Fsp3) is 0.286. The van der Waals surface area contributed by atoms with Gasteiger partial charge in [0.05, 0.1) is 6.61 Å². The Kier molecular flexibility index (Phi) is 4.09. The lowest BCUT2D eigenvalue weighted by atomic mass is 10.1. The number of hydrogen-bond acceptors (Lipinski definition) is 3. The highest BCUT2D eigenvalue weighted by molar-refractivity contribution is 9.10. The Morgan fingerprint density at radius 1 is 1.33 bits per heavy atom. The highest BCUT2D eigenvalue weighted by Crippen LogP contribution is 2.33. The maximum absolute atomic E-state index is 10.3. The molecule has 18 heavy (non-hydrogen) atoms. The maximum atomic E-state index is 10.3. The first-order valence-electron chi connectivity index (χ1n) is 5.78. The smallest absolute Gasteiger partial charge is 0.140 e. The van der Waals surface area contributed by atoms with Crippen LogP contribution in [0.3, 0.4) is 0 Å². The molecule has 4 heteroatoms. The van der Waals surface area contributed by atoms with Crippen LogP contribution in [0.4, 0.5) is 0 Å². The summed E-state index contributed by atoms with van der Waals surface area (Å²) in [5.74, 6) is 1.96. The van der Waals surface area contributed by atoms with Crippen LogP contribution in [0.2, 0.25) is 0 Å². The van der Waals surface area contributed by atoms with Crippen LogP contribution in [-0.2, 0) is 0 Å². The van der Waals surface area contributed by atoms with Crippen LogP contribution in [0.25, 0.3) is 0 Å². The number of ether oxygens (including phenoxy) is 1. The number of hydrogen-bond donors (Lipinski definition) is 1. The number of aliphatic hydroxyl groups excluding tert-OH is 1. The fourth-order valence-corrected chi connectivity index (χ4v) is 2.15. The van der Waals surface area contributed by atoms with E-state index >= 15 is 0 Å². The number of benzene rings is 1. The Hall–Kier alpha value is -1.26. The third kappa shape index (κ3) is 2.76. The number of rotatable bonds is 4. The summed E-state index contributed by atoms with van der Waals surface area (Å²) in [5, 5.41) is 10.3. The summed E-state index contributed by atoms with van der Waals surface area (Å²) in [6, 6.07) is 9.16. The molecule has 0 aliphatic carbocycles. The van der Waals surface area contributed by atoms with E-state index in [0.717, 1.165) is 10.2 Å². The quantitative estimate of drug-likeness (QED) is 0.933. The second-order valence-electron chi connectivity index (χ2n) is 3.97. The third-order valence-corrected chi connectivity index (χ3v) is 3.09. The number of aryl methyl sites for hydroxylation is 1. The first kappa shape index (κ1) is 13.2. The predicted octanol–water partition coefficient (Wildman–Crippen LogP) is 3.83. The normalized spacial score (nSPS) is 12.4. The molecule has 1 aromatic heterocycles. The van der Waals surface area contributed by atoms with Gasteiger partial charge < -0.3 is 14.3 Å². The zero-order chi connectivity index (χ0) is 13.1. The molecule has 0 saturated heterocycles. The van der Waals surface area contributed by atoms with Crippen molar-refractivity contribution in [2.45, 2.75) is 20.0 Å². The van der Waals surface area contributed by atoms with Crippen molar-refractivity contribution < 1.29 is 14.3 Å². The van der Waals surface area contributed by atoms with E-state index in [1.165, 1.54) is 0 Å². The molecule has 0 aliphatic heterocycles. The van der Waals surface area contributed by atoms with E-state index in [1.54, 1.807) is 6.07 Å². The lowest BCUT2D eigenvalue weighted by Gasteiger charge is -2.14. The van der Waals surface area contributed by atoms with E-state index in [9.17, 15) is 5.11 Å². The van der Waals surface area contributed by atoms with Crippen molar-refractivity contribution in [3.05, 3.63) is 51.9 Å². The topological polar surface area (TPSA) is 42.6 Å². The predicted molar refractivity (Wildman–Crippen MR) is 72.8 cm³/mol. The molecule has 1 N–H and O–H groups in total. The molecule has 0 saturated carbocycles. The maximum Gasteiger partial charge on any atom is 0.140 e. The van der Waals surface area contributed by atoms with Gasteiger partial charge in [-0.3, -0.25) is 0 Å². The summed E-state index contributed by atoms with van der Waals surface area (Å²) in [7, 11) is 0. The largest absolute Gasteiger partial charge is 0.493 e. The Morgan fingerprint density at radius 3 is 2.72 bits per heavy atom. The van der Waals surface area contributed by atoms with E-state index in [0.29, 0.717) is 23.7 Å². The van der Waals surface area contributed by atoms with Crippen LogP contribution >= 0.6 is 15.9 Å². The molecule has 0 spiro atoms. The van der Waals surface area contributed by atoms with Gasteiger partial charge in [-0.05, 0) is 44.2 Å². The minimum atomic E-state index is -0.822. The molecule has 0 radical (unpaired) electrons. The van der Waals surface area contributed by atoms with E-state index in [4.69, 9.17) is 9.15 Å². The van der Waals surface area contributed by atoms with Crippen molar-refractivity contribution in [3.8, 4) is 5.75 Å². The summed E-state index contributed by atoms with van der Waals surface area (Å²) >= 11 is 3.40. The first-order chi connectivity index (χ1) is 8.61. The van der Waals surface area contributed by atoms with Crippen molar-refractivity contribution in [2.75, 3.05) is 6.61 Å². The van der Waals surface area contributed by atoms with Crippen LogP contribution in [-0.4, -0.2) is 11.7 Å². The minimum Gasteiger partial charge on any atom is -0.493 e. The number of aliphatic hydroxyl groups is 1. The molecule has 96 valence electrons.